The summed E-state index contributed by atoms with van der Waals surface area (Å²) in [6.07, 6.45) is -0.0817. The lowest BCUT2D eigenvalue weighted by Gasteiger charge is -2.21. The molecular weight excluding hydrogens is 246 g/mol. The van der Waals surface area contributed by atoms with Crippen LogP contribution in [-0.2, 0) is 22.6 Å². The van der Waals surface area contributed by atoms with Crippen molar-refractivity contribution in [1.29, 1.82) is 0 Å². The van der Waals surface area contributed by atoms with Gasteiger partial charge >= 0.3 is 11.9 Å². The first-order valence-electron chi connectivity index (χ1n) is 6.04. The maximum atomic E-state index is 11.5. The largest absolute Gasteiger partial charge is 0.481 e. The van der Waals surface area contributed by atoms with Crippen molar-refractivity contribution in [2.24, 2.45) is 5.41 Å². The lowest BCUT2D eigenvalue weighted by molar-refractivity contribution is -0.155. The number of hydrogen-bond donors (Lipinski definition) is 2. The molecular formula is C14H13NO4. The molecule has 0 amide bonds. The van der Waals surface area contributed by atoms with Gasteiger partial charge in [0.25, 0.3) is 0 Å². The van der Waals surface area contributed by atoms with Crippen molar-refractivity contribution in [3.05, 3.63) is 36.0 Å². The highest BCUT2D eigenvalue weighted by Gasteiger charge is 2.46. The highest BCUT2D eigenvalue weighted by molar-refractivity contribution is 5.86. The van der Waals surface area contributed by atoms with Crippen LogP contribution < -0.4 is 0 Å². The second-order valence-corrected chi connectivity index (χ2v) is 5.11. The third-order valence-electron chi connectivity index (χ3n) is 3.82. The number of benzene rings is 1. The number of aliphatic carboxylic acids is 2. The summed E-state index contributed by atoms with van der Waals surface area (Å²) in [6.45, 7) is 0.220. The topological polar surface area (TPSA) is 79.5 Å². The second-order valence-electron chi connectivity index (χ2n) is 5.11. The molecule has 0 radical (unpaired) electrons. The van der Waals surface area contributed by atoms with Gasteiger partial charge in [-0.2, -0.15) is 0 Å². The molecule has 0 spiro atoms. The molecule has 3 rings (SSSR count). The molecule has 1 aromatic heterocycles. The number of fused-ring (bicyclic) bond motifs is 3. The van der Waals surface area contributed by atoms with Crippen LogP contribution in [0.5, 0.6) is 0 Å². The van der Waals surface area contributed by atoms with Gasteiger partial charge in [-0.3, -0.25) is 9.59 Å². The average molecular weight is 259 g/mol. The number of para-hydroxylation sites is 1. The molecule has 1 aliphatic rings. The highest BCUT2D eigenvalue weighted by Crippen LogP contribution is 2.39. The Hall–Kier alpha value is -2.30. The van der Waals surface area contributed by atoms with E-state index in [1.807, 2.05) is 34.9 Å². The minimum Gasteiger partial charge on any atom is -0.481 e. The van der Waals surface area contributed by atoms with E-state index in [0.717, 1.165) is 16.6 Å². The second kappa shape index (κ2) is 3.85. The quantitative estimate of drug-likeness (QED) is 0.880. The molecule has 2 heterocycles. The SMILES string of the molecule is O=C(O)CC1(C(=O)O)Cc2cc3ccccc3n2C1. The summed E-state index contributed by atoms with van der Waals surface area (Å²) >= 11 is 0. The van der Waals surface area contributed by atoms with Gasteiger partial charge in [-0.05, 0) is 17.5 Å². The van der Waals surface area contributed by atoms with Crippen LogP contribution in [0.4, 0.5) is 0 Å². The van der Waals surface area contributed by atoms with E-state index < -0.39 is 17.4 Å². The van der Waals surface area contributed by atoms with Crippen LogP contribution >= 0.6 is 0 Å². The molecule has 0 aliphatic carbocycles. The zero-order valence-electron chi connectivity index (χ0n) is 10.2. The van der Waals surface area contributed by atoms with Gasteiger partial charge in [-0.25, -0.2) is 0 Å². The maximum absolute atomic E-state index is 11.5. The summed E-state index contributed by atoms with van der Waals surface area (Å²) in [5.41, 5.74) is 0.640. The van der Waals surface area contributed by atoms with Crippen LogP contribution in [0.2, 0.25) is 0 Å². The number of carbonyl (C=O) groups is 2. The van der Waals surface area contributed by atoms with Gasteiger partial charge in [0.05, 0.1) is 6.42 Å². The van der Waals surface area contributed by atoms with Gasteiger partial charge in [0.1, 0.15) is 5.41 Å². The average Bonchev–Trinajstić information content (AvgIpc) is 2.83. The van der Waals surface area contributed by atoms with Gasteiger partial charge in [0.2, 0.25) is 0 Å². The van der Waals surface area contributed by atoms with Gasteiger partial charge < -0.3 is 14.8 Å². The molecule has 5 heteroatoms. The predicted octanol–water partition coefficient (Wildman–Crippen LogP) is 1.74. The summed E-state index contributed by atoms with van der Waals surface area (Å²) in [6, 6.07) is 9.67. The number of nitrogens with zero attached hydrogens (tertiary/aromatic N) is 1. The molecule has 0 saturated heterocycles. The fourth-order valence-corrected chi connectivity index (χ4v) is 2.93. The molecule has 0 fully saturated rings. The molecule has 1 aliphatic heterocycles. The van der Waals surface area contributed by atoms with Crippen molar-refractivity contribution >= 4 is 22.8 Å². The third-order valence-corrected chi connectivity index (χ3v) is 3.82. The van der Waals surface area contributed by atoms with E-state index in [9.17, 15) is 14.7 Å². The van der Waals surface area contributed by atoms with Crippen LogP contribution in [0.1, 0.15) is 12.1 Å². The Balaban J connectivity index is 2.07. The molecule has 2 aromatic rings. The fourth-order valence-electron chi connectivity index (χ4n) is 2.93. The minimum atomic E-state index is -1.22. The summed E-state index contributed by atoms with van der Waals surface area (Å²) in [5, 5.41) is 19.4. The number of carboxylic acid groups (broad SMARTS) is 2. The molecule has 98 valence electrons. The normalized spacial score (nSPS) is 21.5. The van der Waals surface area contributed by atoms with Crippen molar-refractivity contribution in [2.75, 3.05) is 0 Å². The Labute approximate surface area is 109 Å². The van der Waals surface area contributed by atoms with Gasteiger partial charge in [0, 0.05) is 24.2 Å². The molecule has 1 unspecified atom stereocenters. The standard InChI is InChI=1S/C14H13NO4/c16-12(17)7-14(13(18)19)6-10-5-9-3-1-2-4-11(9)15(10)8-14/h1-5H,6-8H2,(H,16,17)(H,18,19). The maximum Gasteiger partial charge on any atom is 0.312 e. The Kier molecular flexibility index (Phi) is 2.38. The Morgan fingerprint density at radius 2 is 2.00 bits per heavy atom. The molecule has 1 atom stereocenters. The van der Waals surface area contributed by atoms with E-state index in [2.05, 4.69) is 0 Å². The summed E-state index contributed by atoms with van der Waals surface area (Å²) < 4.78 is 1.92. The first kappa shape index (κ1) is 11.8. The lowest BCUT2D eigenvalue weighted by atomic mass is 9.82. The van der Waals surface area contributed by atoms with E-state index in [-0.39, 0.29) is 19.4 Å². The molecule has 5 nitrogen and oxygen atoms in total. The van der Waals surface area contributed by atoms with Crippen molar-refractivity contribution < 1.29 is 19.8 Å². The molecule has 19 heavy (non-hydrogen) atoms. The zero-order chi connectivity index (χ0) is 13.6. The van der Waals surface area contributed by atoms with Gasteiger partial charge in [-0.15, -0.1) is 0 Å². The number of aromatic nitrogens is 1. The van der Waals surface area contributed by atoms with Gasteiger partial charge in [-0.1, -0.05) is 18.2 Å². The first-order valence-corrected chi connectivity index (χ1v) is 6.04. The van der Waals surface area contributed by atoms with Crippen molar-refractivity contribution in [1.82, 2.24) is 4.57 Å². The molecule has 0 bridgehead atoms. The zero-order valence-corrected chi connectivity index (χ0v) is 10.2. The minimum absolute atomic E-state index is 0.220. The van der Waals surface area contributed by atoms with Gasteiger partial charge in [0.15, 0.2) is 0 Å². The van der Waals surface area contributed by atoms with Crippen molar-refractivity contribution in [3.63, 3.8) is 0 Å². The van der Waals surface area contributed by atoms with Crippen LogP contribution in [0, 0.1) is 5.41 Å². The molecule has 1 aromatic carbocycles. The van der Waals surface area contributed by atoms with E-state index in [1.54, 1.807) is 0 Å². The molecule has 2 N–H and O–H groups in total. The van der Waals surface area contributed by atoms with Crippen LogP contribution in [-0.4, -0.2) is 26.7 Å². The third kappa shape index (κ3) is 1.69. The van der Waals surface area contributed by atoms with Crippen molar-refractivity contribution in [3.8, 4) is 0 Å². The molecule has 0 saturated carbocycles. The van der Waals surface area contributed by atoms with E-state index in [4.69, 9.17) is 5.11 Å². The fraction of sp³-hybridized carbons (Fsp3) is 0.286. The first-order chi connectivity index (χ1) is 9.02. The van der Waals surface area contributed by atoms with E-state index >= 15 is 0 Å². The lowest BCUT2D eigenvalue weighted by Crippen LogP contribution is -2.35. The number of rotatable bonds is 3. The number of hydrogen-bond acceptors (Lipinski definition) is 2. The Bertz CT molecular complexity index is 688. The monoisotopic (exact) mass is 259 g/mol. The van der Waals surface area contributed by atoms with E-state index in [1.165, 1.54) is 0 Å². The van der Waals surface area contributed by atoms with Crippen LogP contribution in [0.15, 0.2) is 30.3 Å². The Morgan fingerprint density at radius 3 is 2.68 bits per heavy atom. The smallest absolute Gasteiger partial charge is 0.312 e. The van der Waals surface area contributed by atoms with Crippen LogP contribution in [0.25, 0.3) is 10.9 Å². The predicted molar refractivity (Wildman–Crippen MR) is 68.0 cm³/mol. The van der Waals surface area contributed by atoms with E-state index in [0.29, 0.717) is 0 Å². The van der Waals surface area contributed by atoms with Crippen molar-refractivity contribution in [2.45, 2.75) is 19.4 Å². The van der Waals surface area contributed by atoms with Crippen LogP contribution in [0.3, 0.4) is 0 Å². The summed E-state index contributed by atoms with van der Waals surface area (Å²) in [4.78, 5) is 22.4. The highest BCUT2D eigenvalue weighted by atomic mass is 16.4. The Morgan fingerprint density at radius 1 is 1.26 bits per heavy atom. The summed E-state index contributed by atoms with van der Waals surface area (Å²) in [5.74, 6) is -2.11. The summed E-state index contributed by atoms with van der Waals surface area (Å²) in [7, 11) is 0. The number of carboxylic acids is 2.